The van der Waals surface area contributed by atoms with Crippen LogP contribution in [-0.4, -0.2) is 115 Å². The molecule has 0 aromatic carbocycles. The molecule has 0 aliphatic rings. The van der Waals surface area contributed by atoms with E-state index in [1.54, 1.807) is 0 Å². The number of carboxylic acids is 4. The lowest BCUT2D eigenvalue weighted by atomic mass is 9.88. The van der Waals surface area contributed by atoms with Crippen molar-refractivity contribution >= 4 is 23.9 Å². The van der Waals surface area contributed by atoms with E-state index in [9.17, 15) is 19.2 Å². The predicted molar refractivity (Wildman–Crippen MR) is 416 cm³/mol. The molecule has 0 radical (unpaired) electrons. The number of aliphatic carboxylic acids is 4. The minimum atomic E-state index is -0.667. The maximum absolute atomic E-state index is 10.3. The smallest absolute Gasteiger partial charge is 0.303 e. The minimum Gasteiger partial charge on any atom is -0.481 e. The molecule has 0 heterocycles. The third kappa shape index (κ3) is 100. The van der Waals surface area contributed by atoms with Gasteiger partial charge in [0.05, 0.1) is 39.6 Å². The van der Waals surface area contributed by atoms with Crippen LogP contribution in [0.3, 0.4) is 0 Å². The highest BCUT2D eigenvalue weighted by atomic mass is 16.4. The fraction of sp³-hybridized carbons (Fsp3) is 0.952. The molecular weight excluding hydrogens is 1230 g/mol. The third-order valence-corrected chi connectivity index (χ3v) is 19.2. The molecule has 0 amide bonds. The first-order chi connectivity index (χ1) is 47.0. The first kappa shape index (κ1) is 107. The van der Waals surface area contributed by atoms with Crippen LogP contribution in [0.15, 0.2) is 0 Å². The standard InChI is InChI=1S/4C18H36O2.2C6H14O3/c4*1-17(2)15-13-11-9-7-5-3-4-6-8-10-12-14-16-18(19)20;2*1-2-6(3-7,4-8)5-9/h4*17H,3-16H2,1-2H3,(H,19,20);2*7-9H,2-5H2,1H3. The van der Waals surface area contributed by atoms with Crippen molar-refractivity contribution in [3.05, 3.63) is 0 Å². The van der Waals surface area contributed by atoms with Crippen molar-refractivity contribution in [3.8, 4) is 0 Å². The largest absolute Gasteiger partial charge is 0.481 e. The molecule has 98 heavy (non-hydrogen) atoms. The highest BCUT2D eigenvalue weighted by Crippen LogP contribution is 2.22. The van der Waals surface area contributed by atoms with Crippen LogP contribution in [0, 0.1) is 34.5 Å². The molecular formula is C84H172O14. The van der Waals surface area contributed by atoms with Gasteiger partial charge in [0.25, 0.3) is 0 Å². The number of rotatable bonds is 68. The van der Waals surface area contributed by atoms with E-state index in [0.717, 1.165) is 75.0 Å². The molecule has 0 saturated carbocycles. The van der Waals surface area contributed by atoms with E-state index < -0.39 is 34.7 Å². The van der Waals surface area contributed by atoms with Crippen molar-refractivity contribution in [2.75, 3.05) is 39.6 Å². The monoisotopic (exact) mass is 1410 g/mol. The number of hydrogen-bond acceptors (Lipinski definition) is 10. The van der Waals surface area contributed by atoms with Gasteiger partial charge in [0.1, 0.15) is 0 Å². The number of aliphatic hydroxyl groups is 6. The molecule has 592 valence electrons. The molecule has 0 rings (SSSR count). The molecule has 10 N–H and O–H groups in total. The second-order valence-electron chi connectivity index (χ2n) is 30.9. The number of carboxylic acid groups (broad SMARTS) is 4. The van der Waals surface area contributed by atoms with Crippen LogP contribution >= 0.6 is 0 Å². The zero-order valence-corrected chi connectivity index (χ0v) is 66.7. The third-order valence-electron chi connectivity index (χ3n) is 19.2. The van der Waals surface area contributed by atoms with E-state index >= 15 is 0 Å². The second-order valence-corrected chi connectivity index (χ2v) is 30.9. The van der Waals surface area contributed by atoms with E-state index in [1.165, 1.54) is 283 Å². The number of unbranched alkanes of at least 4 members (excludes halogenated alkanes) is 44. The summed E-state index contributed by atoms with van der Waals surface area (Å²) in [5, 5.41) is 86.0. The molecule has 0 spiro atoms. The van der Waals surface area contributed by atoms with Gasteiger partial charge in [-0.15, -0.1) is 0 Å². The van der Waals surface area contributed by atoms with Gasteiger partial charge in [-0.05, 0) is 62.2 Å². The van der Waals surface area contributed by atoms with Crippen LogP contribution in [0.2, 0.25) is 0 Å². The second kappa shape index (κ2) is 87.0. The normalized spacial score (nSPS) is 11.3. The predicted octanol–water partition coefficient (Wildman–Crippen LogP) is 23.5. The Labute approximate surface area is 607 Å². The molecule has 0 atom stereocenters. The molecule has 0 saturated heterocycles. The van der Waals surface area contributed by atoms with Crippen LogP contribution in [0.4, 0.5) is 0 Å². The van der Waals surface area contributed by atoms with Crippen molar-refractivity contribution in [1.29, 1.82) is 0 Å². The summed E-state index contributed by atoms with van der Waals surface area (Å²) in [7, 11) is 0. The highest BCUT2D eigenvalue weighted by molar-refractivity contribution is 5.67. The topological polar surface area (TPSA) is 271 Å². The summed E-state index contributed by atoms with van der Waals surface area (Å²) in [6, 6.07) is 0. The SMILES string of the molecule is CC(C)CCCCCCCCCCCCCCC(=O)O.CC(C)CCCCCCCCCCCCCCC(=O)O.CC(C)CCCCCCCCCCCCCCC(=O)O.CC(C)CCCCCCCCCCCCCCC(=O)O.CCC(CO)(CO)CO.CCC(CO)(CO)CO. The molecule has 0 unspecified atom stereocenters. The molecule has 0 aromatic rings. The number of hydrogen-bond donors (Lipinski definition) is 10. The van der Waals surface area contributed by atoms with Gasteiger partial charge in [0.2, 0.25) is 0 Å². The van der Waals surface area contributed by atoms with Gasteiger partial charge in [-0.25, -0.2) is 0 Å². The summed E-state index contributed by atoms with van der Waals surface area (Å²) in [6.07, 6.45) is 70.5. The maximum Gasteiger partial charge on any atom is 0.303 e. The van der Waals surface area contributed by atoms with Gasteiger partial charge in [-0.2, -0.15) is 0 Å². The van der Waals surface area contributed by atoms with Crippen molar-refractivity contribution in [1.82, 2.24) is 0 Å². The first-order valence-corrected chi connectivity index (χ1v) is 41.5. The average molecular weight is 1410 g/mol. The Morgan fingerprint density at radius 1 is 0.204 bits per heavy atom. The Hall–Kier alpha value is -2.36. The summed E-state index contributed by atoms with van der Waals surface area (Å²) in [4.78, 5) is 41.3. The van der Waals surface area contributed by atoms with Crippen LogP contribution in [0.5, 0.6) is 0 Å². The fourth-order valence-corrected chi connectivity index (χ4v) is 11.4. The first-order valence-electron chi connectivity index (χ1n) is 41.5. The van der Waals surface area contributed by atoms with Crippen molar-refractivity contribution < 1.29 is 70.2 Å². The molecule has 14 heteroatoms. The Morgan fingerprint density at radius 3 is 0.378 bits per heavy atom. The lowest BCUT2D eigenvalue weighted by Crippen LogP contribution is -2.32. The molecule has 0 aromatic heterocycles. The zero-order chi connectivity index (χ0) is 74.9. The Bertz CT molecular complexity index is 1310. The van der Waals surface area contributed by atoms with Gasteiger partial charge in [-0.3, -0.25) is 19.2 Å². The summed E-state index contributed by atoms with van der Waals surface area (Å²) in [5.41, 5.74) is -1.33. The zero-order valence-electron chi connectivity index (χ0n) is 66.7. The lowest BCUT2D eigenvalue weighted by Gasteiger charge is -2.24. The molecule has 0 aliphatic carbocycles. The maximum atomic E-state index is 10.3. The molecule has 14 nitrogen and oxygen atoms in total. The van der Waals surface area contributed by atoms with Crippen LogP contribution in [0.25, 0.3) is 0 Å². The van der Waals surface area contributed by atoms with Crippen molar-refractivity contribution in [2.24, 2.45) is 34.5 Å². The van der Waals surface area contributed by atoms with E-state index in [-0.39, 0.29) is 39.6 Å². The van der Waals surface area contributed by atoms with Crippen LogP contribution < -0.4 is 0 Å². The summed E-state index contributed by atoms with van der Waals surface area (Å²) < 4.78 is 0. The molecule has 0 bridgehead atoms. The Kier molecular flexibility index (Phi) is 94.7. The van der Waals surface area contributed by atoms with E-state index in [1.807, 2.05) is 13.8 Å². The quantitative estimate of drug-likeness (QED) is 0.0254. The summed E-state index contributed by atoms with van der Waals surface area (Å²) in [5.74, 6) is 0.848. The highest BCUT2D eigenvalue weighted by Gasteiger charge is 2.26. The molecule has 0 fully saturated rings. The summed E-state index contributed by atoms with van der Waals surface area (Å²) >= 11 is 0. The van der Waals surface area contributed by atoms with Crippen LogP contribution in [0.1, 0.15) is 442 Å². The number of aliphatic hydroxyl groups excluding tert-OH is 6. The van der Waals surface area contributed by atoms with Crippen LogP contribution in [-0.2, 0) is 19.2 Å². The van der Waals surface area contributed by atoms with E-state index in [2.05, 4.69) is 55.4 Å². The number of carbonyl (C=O) groups is 4. The average Bonchev–Trinajstić information content (AvgIpc) is 1.15. The van der Waals surface area contributed by atoms with Gasteiger partial charge in [-0.1, -0.05) is 377 Å². The van der Waals surface area contributed by atoms with Gasteiger partial charge in [0.15, 0.2) is 0 Å². The van der Waals surface area contributed by atoms with E-state index in [4.69, 9.17) is 51.1 Å². The van der Waals surface area contributed by atoms with E-state index in [0.29, 0.717) is 38.5 Å². The van der Waals surface area contributed by atoms with Gasteiger partial charge in [0, 0.05) is 36.5 Å². The van der Waals surface area contributed by atoms with Crippen molar-refractivity contribution in [3.63, 3.8) is 0 Å². The minimum absolute atomic E-state index is 0.156. The Balaban J connectivity index is -0.000000265. The fourth-order valence-electron chi connectivity index (χ4n) is 11.4. The summed E-state index contributed by atoms with van der Waals surface area (Å²) in [6.45, 7) is 21.2. The molecule has 0 aliphatic heterocycles. The lowest BCUT2D eigenvalue weighted by molar-refractivity contribution is -0.138. The van der Waals surface area contributed by atoms with Crippen molar-refractivity contribution in [2.45, 2.75) is 442 Å². The van der Waals surface area contributed by atoms with Gasteiger partial charge >= 0.3 is 23.9 Å². The Morgan fingerprint density at radius 2 is 0.306 bits per heavy atom. The van der Waals surface area contributed by atoms with Gasteiger partial charge < -0.3 is 51.1 Å².